The molecule has 1 aromatic carbocycles. The van der Waals surface area contributed by atoms with Crippen molar-refractivity contribution in [2.75, 3.05) is 0 Å². The minimum atomic E-state index is 0.561. The van der Waals surface area contributed by atoms with E-state index >= 15 is 0 Å². The van der Waals surface area contributed by atoms with Crippen molar-refractivity contribution in [2.45, 2.75) is 32.2 Å². The van der Waals surface area contributed by atoms with Crippen molar-refractivity contribution in [1.29, 1.82) is 0 Å². The van der Waals surface area contributed by atoms with Crippen LogP contribution in [0, 0.1) is 5.92 Å². The monoisotopic (exact) mass is 229 g/mol. The Morgan fingerprint density at radius 2 is 2.24 bits per heavy atom. The van der Waals surface area contributed by atoms with Crippen LogP contribution in [0.5, 0.6) is 0 Å². The molecule has 1 fully saturated rings. The molecular weight excluding hydrogens is 210 g/mol. The molecule has 0 spiro atoms. The lowest BCUT2D eigenvalue weighted by molar-refractivity contribution is 0.599. The van der Waals surface area contributed by atoms with Gasteiger partial charge in [0.2, 0.25) is 0 Å². The molecule has 3 heteroatoms. The normalized spacial score (nSPS) is 17.6. The van der Waals surface area contributed by atoms with Gasteiger partial charge in [0.15, 0.2) is 0 Å². The average Bonchev–Trinajstić information content (AvgIpc) is 3.14. The molecule has 1 aliphatic rings. The number of imidazole rings is 1. The van der Waals surface area contributed by atoms with Crippen molar-refractivity contribution in [3.63, 3.8) is 0 Å². The summed E-state index contributed by atoms with van der Waals surface area (Å²) in [6.45, 7) is 2.85. The van der Waals surface area contributed by atoms with Gasteiger partial charge in [-0.15, -0.1) is 0 Å². The largest absolute Gasteiger partial charge is 0.331 e. The average molecular weight is 229 g/mol. The third kappa shape index (κ3) is 1.65. The summed E-state index contributed by atoms with van der Waals surface area (Å²) in [5.41, 5.74) is 9.21. The molecule has 0 amide bonds. The SMILES string of the molecule is CC(c1nc2c(CN)cccc2n1C)C1CC1. The Kier molecular flexibility index (Phi) is 2.44. The first-order chi connectivity index (χ1) is 8.22. The molecule has 1 unspecified atom stereocenters. The molecule has 1 saturated carbocycles. The molecule has 1 atom stereocenters. The highest BCUT2D eigenvalue weighted by Crippen LogP contribution is 2.42. The summed E-state index contributed by atoms with van der Waals surface area (Å²) in [6, 6.07) is 6.27. The summed E-state index contributed by atoms with van der Waals surface area (Å²) >= 11 is 0. The third-order valence-electron chi connectivity index (χ3n) is 3.99. The van der Waals surface area contributed by atoms with Gasteiger partial charge in [0, 0.05) is 19.5 Å². The number of benzene rings is 1. The first kappa shape index (κ1) is 10.8. The van der Waals surface area contributed by atoms with Crippen molar-refractivity contribution in [3.05, 3.63) is 29.6 Å². The summed E-state index contributed by atoms with van der Waals surface area (Å²) in [5, 5.41) is 0. The van der Waals surface area contributed by atoms with E-state index in [-0.39, 0.29) is 0 Å². The highest BCUT2D eigenvalue weighted by molar-refractivity contribution is 5.79. The van der Waals surface area contributed by atoms with E-state index in [2.05, 4.69) is 36.7 Å². The van der Waals surface area contributed by atoms with Crippen LogP contribution in [0.1, 0.15) is 37.1 Å². The smallest absolute Gasteiger partial charge is 0.112 e. The van der Waals surface area contributed by atoms with Crippen LogP contribution >= 0.6 is 0 Å². The number of nitrogens with zero attached hydrogens (tertiary/aromatic N) is 2. The predicted molar refractivity (Wildman–Crippen MR) is 69.7 cm³/mol. The maximum atomic E-state index is 5.77. The van der Waals surface area contributed by atoms with Crippen LogP contribution in [0.15, 0.2) is 18.2 Å². The lowest BCUT2D eigenvalue weighted by Crippen LogP contribution is -2.04. The predicted octanol–water partition coefficient (Wildman–Crippen LogP) is 2.55. The van der Waals surface area contributed by atoms with Crippen molar-refractivity contribution >= 4 is 11.0 Å². The number of nitrogens with two attached hydrogens (primary N) is 1. The molecule has 0 saturated heterocycles. The molecule has 90 valence electrons. The summed E-state index contributed by atoms with van der Waals surface area (Å²) < 4.78 is 2.23. The van der Waals surface area contributed by atoms with Crippen molar-refractivity contribution in [1.82, 2.24) is 9.55 Å². The maximum Gasteiger partial charge on any atom is 0.112 e. The lowest BCUT2D eigenvalue weighted by atomic mass is 10.1. The molecule has 1 aromatic heterocycles. The van der Waals surface area contributed by atoms with Crippen LogP contribution in [0.25, 0.3) is 11.0 Å². The molecule has 1 aliphatic carbocycles. The van der Waals surface area contributed by atoms with Gasteiger partial charge in [0.1, 0.15) is 5.82 Å². The summed E-state index contributed by atoms with van der Waals surface area (Å²) in [4.78, 5) is 4.83. The first-order valence-electron chi connectivity index (χ1n) is 6.36. The van der Waals surface area contributed by atoms with Gasteiger partial charge in [0.05, 0.1) is 11.0 Å². The van der Waals surface area contributed by atoms with Crippen LogP contribution in [-0.4, -0.2) is 9.55 Å². The Labute approximate surface area is 102 Å². The molecule has 0 bridgehead atoms. The number of aryl methyl sites for hydroxylation is 1. The van der Waals surface area contributed by atoms with Crippen LogP contribution in [0.2, 0.25) is 0 Å². The topological polar surface area (TPSA) is 43.8 Å². The zero-order chi connectivity index (χ0) is 12.0. The standard InChI is InChI=1S/C14H19N3/c1-9(10-6-7-10)14-16-13-11(8-15)4-3-5-12(13)17(14)2/h3-5,9-10H,6-8,15H2,1-2H3. The number of hydrogen-bond donors (Lipinski definition) is 1. The van der Waals surface area contributed by atoms with E-state index in [0.29, 0.717) is 12.5 Å². The van der Waals surface area contributed by atoms with Gasteiger partial charge < -0.3 is 10.3 Å². The van der Waals surface area contributed by atoms with E-state index in [1.807, 2.05) is 0 Å². The Balaban J connectivity index is 2.16. The highest BCUT2D eigenvalue weighted by Gasteiger charge is 2.31. The fraction of sp³-hybridized carbons (Fsp3) is 0.500. The minimum Gasteiger partial charge on any atom is -0.331 e. The van der Waals surface area contributed by atoms with Crippen molar-refractivity contribution < 1.29 is 0 Å². The van der Waals surface area contributed by atoms with Gasteiger partial charge in [-0.25, -0.2) is 4.98 Å². The van der Waals surface area contributed by atoms with E-state index in [1.54, 1.807) is 0 Å². The molecule has 1 heterocycles. The van der Waals surface area contributed by atoms with Crippen LogP contribution in [0.3, 0.4) is 0 Å². The van der Waals surface area contributed by atoms with Crippen LogP contribution < -0.4 is 5.73 Å². The van der Waals surface area contributed by atoms with E-state index in [4.69, 9.17) is 10.7 Å². The Bertz CT molecular complexity index is 552. The van der Waals surface area contributed by atoms with Crippen molar-refractivity contribution in [2.24, 2.45) is 18.7 Å². The molecular formula is C14H19N3. The summed E-state index contributed by atoms with van der Waals surface area (Å²) in [7, 11) is 2.11. The summed E-state index contributed by atoms with van der Waals surface area (Å²) in [5.74, 6) is 2.62. The van der Waals surface area contributed by atoms with E-state index in [9.17, 15) is 0 Å². The molecule has 3 nitrogen and oxygen atoms in total. The molecule has 2 aromatic rings. The minimum absolute atomic E-state index is 0.561. The van der Waals surface area contributed by atoms with Gasteiger partial charge in [-0.3, -0.25) is 0 Å². The van der Waals surface area contributed by atoms with E-state index in [0.717, 1.165) is 17.0 Å². The van der Waals surface area contributed by atoms with Gasteiger partial charge in [-0.1, -0.05) is 19.1 Å². The zero-order valence-electron chi connectivity index (χ0n) is 10.5. The molecule has 2 N–H and O–H groups in total. The van der Waals surface area contributed by atoms with Crippen molar-refractivity contribution in [3.8, 4) is 0 Å². The second-order valence-electron chi connectivity index (χ2n) is 5.14. The number of rotatable bonds is 3. The molecule has 0 aliphatic heterocycles. The fourth-order valence-corrected chi connectivity index (χ4v) is 2.67. The maximum absolute atomic E-state index is 5.77. The van der Waals surface area contributed by atoms with Gasteiger partial charge >= 0.3 is 0 Å². The highest BCUT2D eigenvalue weighted by atomic mass is 15.1. The lowest BCUT2D eigenvalue weighted by Gasteiger charge is -2.09. The first-order valence-corrected chi connectivity index (χ1v) is 6.36. The third-order valence-corrected chi connectivity index (χ3v) is 3.99. The zero-order valence-corrected chi connectivity index (χ0v) is 10.5. The Hall–Kier alpha value is -1.35. The molecule has 3 rings (SSSR count). The number of hydrogen-bond acceptors (Lipinski definition) is 2. The summed E-state index contributed by atoms with van der Waals surface area (Å²) in [6.07, 6.45) is 2.71. The Morgan fingerprint density at radius 3 is 2.88 bits per heavy atom. The second-order valence-corrected chi connectivity index (χ2v) is 5.14. The Morgan fingerprint density at radius 1 is 1.47 bits per heavy atom. The fourth-order valence-electron chi connectivity index (χ4n) is 2.67. The van der Waals surface area contributed by atoms with Gasteiger partial charge in [0.25, 0.3) is 0 Å². The molecule has 17 heavy (non-hydrogen) atoms. The van der Waals surface area contributed by atoms with Crippen LogP contribution in [-0.2, 0) is 13.6 Å². The van der Waals surface area contributed by atoms with E-state index in [1.165, 1.54) is 24.2 Å². The van der Waals surface area contributed by atoms with Gasteiger partial charge in [-0.05, 0) is 30.4 Å². The second kappa shape index (κ2) is 3.84. The van der Waals surface area contributed by atoms with E-state index < -0.39 is 0 Å². The van der Waals surface area contributed by atoms with Crippen LogP contribution in [0.4, 0.5) is 0 Å². The number of aromatic nitrogens is 2. The number of fused-ring (bicyclic) bond motifs is 1. The van der Waals surface area contributed by atoms with Gasteiger partial charge in [-0.2, -0.15) is 0 Å². The molecule has 0 radical (unpaired) electrons. The number of para-hydroxylation sites is 1. The quantitative estimate of drug-likeness (QED) is 0.879.